The molecule has 2 amide bonds. The smallest absolute Gasteiger partial charge is 0.318 e. The van der Waals surface area contributed by atoms with Crippen LogP contribution in [-0.4, -0.2) is 44.8 Å². The highest BCUT2D eigenvalue weighted by molar-refractivity contribution is 5.75. The first-order chi connectivity index (χ1) is 11.6. The summed E-state index contributed by atoms with van der Waals surface area (Å²) in [5, 5.41) is 12.4. The van der Waals surface area contributed by atoms with Crippen LogP contribution in [0.3, 0.4) is 0 Å². The van der Waals surface area contributed by atoms with E-state index in [9.17, 15) is 9.90 Å². The van der Waals surface area contributed by atoms with Crippen LogP contribution in [0.5, 0.6) is 0 Å². The molecule has 6 nitrogen and oxygen atoms in total. The number of aryl methyl sites for hydroxylation is 1. The zero-order valence-electron chi connectivity index (χ0n) is 14.1. The van der Waals surface area contributed by atoms with E-state index in [0.29, 0.717) is 6.54 Å². The topological polar surface area (TPSA) is 70.4 Å². The summed E-state index contributed by atoms with van der Waals surface area (Å²) in [6.45, 7) is 4.67. The van der Waals surface area contributed by atoms with Gasteiger partial charge in [0.2, 0.25) is 0 Å². The predicted octanol–water partition coefficient (Wildman–Crippen LogP) is 2.41. The second kappa shape index (κ2) is 7.05. The van der Waals surface area contributed by atoms with Gasteiger partial charge in [-0.15, -0.1) is 0 Å². The number of rotatable bonds is 4. The van der Waals surface area contributed by atoms with Crippen molar-refractivity contribution in [2.75, 3.05) is 13.2 Å². The summed E-state index contributed by atoms with van der Waals surface area (Å²) in [6.07, 6.45) is 5.53. The number of carbonyl (C=O) groups excluding carboxylic acids is 1. The van der Waals surface area contributed by atoms with Gasteiger partial charge >= 0.3 is 6.03 Å². The van der Waals surface area contributed by atoms with Gasteiger partial charge in [-0.25, -0.2) is 9.78 Å². The maximum absolute atomic E-state index is 12.4. The number of carbonyl (C=O) groups is 1. The fraction of sp³-hybridized carbons (Fsp3) is 0.444. The lowest BCUT2D eigenvalue weighted by Crippen LogP contribution is -2.44. The molecule has 6 heteroatoms. The molecule has 0 radical (unpaired) electrons. The Labute approximate surface area is 142 Å². The Morgan fingerprint density at radius 1 is 1.42 bits per heavy atom. The Kier molecular flexibility index (Phi) is 4.85. The summed E-state index contributed by atoms with van der Waals surface area (Å²) in [4.78, 5) is 18.4. The third kappa shape index (κ3) is 3.28. The quantitative estimate of drug-likeness (QED) is 0.905. The minimum atomic E-state index is -0.103. The molecule has 0 saturated carbocycles. The molecule has 0 aliphatic carbocycles. The van der Waals surface area contributed by atoms with Gasteiger partial charge in [-0.2, -0.15) is 0 Å². The highest BCUT2D eigenvalue weighted by atomic mass is 16.3. The lowest BCUT2D eigenvalue weighted by atomic mass is 10.1. The molecule has 1 aliphatic heterocycles. The molecule has 2 atom stereocenters. The zero-order valence-corrected chi connectivity index (χ0v) is 14.1. The summed E-state index contributed by atoms with van der Waals surface area (Å²) in [7, 11) is 0. The molecule has 1 unspecified atom stereocenters. The van der Waals surface area contributed by atoms with Crippen LogP contribution in [0.2, 0.25) is 0 Å². The van der Waals surface area contributed by atoms with Crippen LogP contribution in [0.15, 0.2) is 36.7 Å². The van der Waals surface area contributed by atoms with E-state index in [4.69, 9.17) is 0 Å². The zero-order chi connectivity index (χ0) is 17.1. The van der Waals surface area contributed by atoms with Gasteiger partial charge in [0.15, 0.2) is 0 Å². The van der Waals surface area contributed by atoms with Gasteiger partial charge in [-0.3, -0.25) is 0 Å². The van der Waals surface area contributed by atoms with Gasteiger partial charge in [0.1, 0.15) is 5.82 Å². The predicted molar refractivity (Wildman–Crippen MR) is 92.1 cm³/mol. The molecule has 1 aromatic heterocycles. The number of aliphatic hydroxyl groups is 1. The molecule has 1 fully saturated rings. The summed E-state index contributed by atoms with van der Waals surface area (Å²) >= 11 is 0. The average Bonchev–Trinajstić information content (AvgIpc) is 3.23. The Morgan fingerprint density at radius 3 is 2.79 bits per heavy atom. The van der Waals surface area contributed by atoms with Crippen LogP contribution in [0.25, 0.3) is 5.69 Å². The second-order valence-corrected chi connectivity index (χ2v) is 6.28. The molecule has 2 N–H and O–H groups in total. The number of likely N-dealkylation sites (tertiary alicyclic amines) is 1. The summed E-state index contributed by atoms with van der Waals surface area (Å²) in [5.41, 5.74) is 2.09. The first-order valence-electron chi connectivity index (χ1n) is 8.38. The van der Waals surface area contributed by atoms with E-state index in [0.717, 1.165) is 29.9 Å². The molecule has 3 rings (SSSR count). The fourth-order valence-corrected chi connectivity index (χ4v) is 3.22. The number of aliphatic hydroxyl groups excluding tert-OH is 1. The van der Waals surface area contributed by atoms with Gasteiger partial charge in [0.05, 0.1) is 18.7 Å². The van der Waals surface area contributed by atoms with Crippen LogP contribution in [0.1, 0.15) is 37.2 Å². The fourth-order valence-electron chi connectivity index (χ4n) is 3.22. The van der Waals surface area contributed by atoms with E-state index >= 15 is 0 Å². The summed E-state index contributed by atoms with van der Waals surface area (Å²) in [6, 6.07) is 7.85. The lowest BCUT2D eigenvalue weighted by Gasteiger charge is -2.25. The summed E-state index contributed by atoms with van der Waals surface area (Å²) < 4.78 is 2.02. The van der Waals surface area contributed by atoms with Crippen LogP contribution < -0.4 is 5.32 Å². The monoisotopic (exact) mass is 328 g/mol. The Hall–Kier alpha value is -2.34. The van der Waals surface area contributed by atoms with Crippen molar-refractivity contribution in [2.24, 2.45) is 0 Å². The number of amides is 2. The average molecular weight is 328 g/mol. The van der Waals surface area contributed by atoms with Gasteiger partial charge in [0, 0.05) is 24.6 Å². The maximum atomic E-state index is 12.4. The number of benzene rings is 1. The van der Waals surface area contributed by atoms with Crippen LogP contribution in [-0.2, 0) is 0 Å². The molecule has 2 heterocycles. The number of urea groups is 1. The van der Waals surface area contributed by atoms with E-state index in [-0.39, 0.29) is 24.7 Å². The highest BCUT2D eigenvalue weighted by Crippen LogP contribution is 2.20. The molecule has 24 heavy (non-hydrogen) atoms. The normalized spacial score (nSPS) is 18.6. The standard InChI is InChI=1S/C18H24N4O2/c1-13(20-18(24)22-10-3-4-17(22)12-23)15-5-7-16(8-6-15)21-11-9-19-14(21)2/h5-9,11,13,17,23H,3-4,10,12H2,1-2H3,(H,20,24)/t13?,17-/m0/s1. The number of imidazole rings is 1. The Bertz CT molecular complexity index is 695. The number of aromatic nitrogens is 2. The minimum absolute atomic E-state index is 0.0285. The summed E-state index contributed by atoms with van der Waals surface area (Å²) in [5.74, 6) is 0.938. The first kappa shape index (κ1) is 16.5. The van der Waals surface area contributed by atoms with Crippen molar-refractivity contribution in [1.82, 2.24) is 19.8 Å². The van der Waals surface area contributed by atoms with E-state index in [2.05, 4.69) is 10.3 Å². The lowest BCUT2D eigenvalue weighted by molar-refractivity contribution is 0.155. The largest absolute Gasteiger partial charge is 0.394 e. The molecule has 1 saturated heterocycles. The number of hydrogen-bond acceptors (Lipinski definition) is 3. The van der Waals surface area contributed by atoms with Crippen molar-refractivity contribution in [1.29, 1.82) is 0 Å². The van der Waals surface area contributed by atoms with Crippen molar-refractivity contribution < 1.29 is 9.90 Å². The Balaban J connectivity index is 1.66. The minimum Gasteiger partial charge on any atom is -0.394 e. The number of hydrogen-bond donors (Lipinski definition) is 2. The number of nitrogens with zero attached hydrogens (tertiary/aromatic N) is 3. The van der Waals surface area contributed by atoms with Gasteiger partial charge in [-0.05, 0) is 44.4 Å². The van der Waals surface area contributed by atoms with E-state index in [1.165, 1.54) is 0 Å². The molecular formula is C18H24N4O2. The van der Waals surface area contributed by atoms with Crippen molar-refractivity contribution in [3.8, 4) is 5.69 Å². The third-order valence-corrected chi connectivity index (χ3v) is 4.69. The SMILES string of the molecule is Cc1nccn1-c1ccc(C(C)NC(=O)N2CCC[C@H]2CO)cc1. The van der Waals surface area contributed by atoms with Crippen molar-refractivity contribution in [3.63, 3.8) is 0 Å². The second-order valence-electron chi connectivity index (χ2n) is 6.28. The first-order valence-corrected chi connectivity index (χ1v) is 8.38. The maximum Gasteiger partial charge on any atom is 0.318 e. The number of nitrogens with one attached hydrogen (secondary N) is 1. The van der Waals surface area contributed by atoms with Crippen molar-refractivity contribution in [3.05, 3.63) is 48.0 Å². The molecule has 0 bridgehead atoms. The van der Waals surface area contributed by atoms with E-state index in [1.54, 1.807) is 11.1 Å². The molecule has 1 aromatic carbocycles. The van der Waals surface area contributed by atoms with Crippen LogP contribution >= 0.6 is 0 Å². The van der Waals surface area contributed by atoms with E-state index in [1.807, 2.05) is 48.9 Å². The van der Waals surface area contributed by atoms with Crippen LogP contribution in [0.4, 0.5) is 4.79 Å². The van der Waals surface area contributed by atoms with Gasteiger partial charge in [-0.1, -0.05) is 12.1 Å². The highest BCUT2D eigenvalue weighted by Gasteiger charge is 2.28. The van der Waals surface area contributed by atoms with E-state index < -0.39 is 0 Å². The van der Waals surface area contributed by atoms with Gasteiger partial charge in [0.25, 0.3) is 0 Å². The third-order valence-electron chi connectivity index (χ3n) is 4.69. The van der Waals surface area contributed by atoms with Crippen molar-refractivity contribution >= 4 is 6.03 Å². The Morgan fingerprint density at radius 2 is 2.17 bits per heavy atom. The molecular weight excluding hydrogens is 304 g/mol. The molecule has 1 aliphatic rings. The van der Waals surface area contributed by atoms with Gasteiger partial charge < -0.3 is 19.9 Å². The molecule has 0 spiro atoms. The molecule has 2 aromatic rings. The van der Waals surface area contributed by atoms with Crippen molar-refractivity contribution in [2.45, 2.75) is 38.8 Å². The molecule has 128 valence electrons. The van der Waals surface area contributed by atoms with Crippen LogP contribution in [0, 0.1) is 6.92 Å².